The van der Waals surface area contributed by atoms with Crippen LogP contribution in [0.15, 0.2) is 35.3 Å². The highest BCUT2D eigenvalue weighted by atomic mass is 15.4. The number of benzene rings is 1. The first kappa shape index (κ1) is 13.4. The molecule has 2 aliphatic heterocycles. The Morgan fingerprint density at radius 3 is 2.80 bits per heavy atom. The molecule has 1 unspecified atom stereocenters. The maximum atomic E-state index is 5.68. The van der Waals surface area contributed by atoms with E-state index in [0.29, 0.717) is 6.04 Å². The average molecular weight is 273 g/mol. The van der Waals surface area contributed by atoms with E-state index in [1.807, 2.05) is 30.3 Å². The summed E-state index contributed by atoms with van der Waals surface area (Å²) in [5.41, 5.74) is 3.71. The van der Waals surface area contributed by atoms with Gasteiger partial charge in [-0.05, 0) is 31.5 Å². The van der Waals surface area contributed by atoms with Gasteiger partial charge in [0.15, 0.2) is 0 Å². The summed E-state index contributed by atoms with van der Waals surface area (Å²) in [5.74, 6) is 6.46. The van der Waals surface area contributed by atoms with Crippen LogP contribution in [0.3, 0.4) is 0 Å². The molecule has 0 radical (unpaired) electrons. The second kappa shape index (κ2) is 6.24. The zero-order valence-electron chi connectivity index (χ0n) is 11.8. The molecule has 108 valence electrons. The number of fused-ring (bicyclic) bond motifs is 1. The molecule has 5 nitrogen and oxygen atoms in total. The number of aliphatic imine (C=N–C) groups is 1. The van der Waals surface area contributed by atoms with Crippen molar-refractivity contribution in [1.29, 1.82) is 0 Å². The number of hydrogen-bond acceptors (Lipinski definition) is 3. The Hall–Kier alpha value is -1.59. The van der Waals surface area contributed by atoms with Crippen molar-refractivity contribution in [3.8, 4) is 0 Å². The summed E-state index contributed by atoms with van der Waals surface area (Å²) >= 11 is 0. The van der Waals surface area contributed by atoms with Gasteiger partial charge in [-0.15, -0.1) is 0 Å². The normalized spacial score (nSPS) is 24.4. The Bertz CT molecular complexity index is 459. The first-order valence-electron chi connectivity index (χ1n) is 7.46. The Balaban J connectivity index is 1.72. The van der Waals surface area contributed by atoms with Crippen LogP contribution in [-0.4, -0.2) is 48.0 Å². The van der Waals surface area contributed by atoms with Crippen LogP contribution in [-0.2, 0) is 0 Å². The van der Waals surface area contributed by atoms with Crippen LogP contribution in [0.1, 0.15) is 19.3 Å². The molecule has 3 N–H and O–H groups in total. The summed E-state index contributed by atoms with van der Waals surface area (Å²) in [6, 6.07) is 10.6. The van der Waals surface area contributed by atoms with Crippen molar-refractivity contribution >= 4 is 11.6 Å². The molecule has 2 saturated heterocycles. The van der Waals surface area contributed by atoms with Crippen LogP contribution >= 0.6 is 0 Å². The number of nitrogens with two attached hydrogens (primary N) is 1. The van der Waals surface area contributed by atoms with E-state index in [9.17, 15) is 0 Å². The lowest BCUT2D eigenvalue weighted by molar-refractivity contribution is 0.0787. The van der Waals surface area contributed by atoms with E-state index in [1.165, 1.54) is 25.8 Å². The largest absolute Gasteiger partial charge is 0.339 e. The van der Waals surface area contributed by atoms with Gasteiger partial charge in [0.05, 0.1) is 5.69 Å². The molecule has 1 atom stereocenters. The van der Waals surface area contributed by atoms with Gasteiger partial charge in [0, 0.05) is 25.7 Å². The van der Waals surface area contributed by atoms with Crippen molar-refractivity contribution in [1.82, 2.24) is 15.2 Å². The number of piperidine rings is 1. The molecule has 1 aromatic rings. The van der Waals surface area contributed by atoms with Crippen LogP contribution < -0.4 is 11.3 Å². The molecule has 20 heavy (non-hydrogen) atoms. The van der Waals surface area contributed by atoms with Gasteiger partial charge in [-0.25, -0.2) is 10.8 Å². The molecule has 0 bridgehead atoms. The third kappa shape index (κ3) is 2.94. The number of rotatable bonds is 1. The monoisotopic (exact) mass is 273 g/mol. The minimum absolute atomic E-state index is 0.659. The fourth-order valence-electron chi connectivity index (χ4n) is 3.17. The molecule has 2 fully saturated rings. The zero-order valence-corrected chi connectivity index (χ0v) is 11.8. The van der Waals surface area contributed by atoms with Crippen LogP contribution in [0.2, 0.25) is 0 Å². The molecule has 2 heterocycles. The summed E-state index contributed by atoms with van der Waals surface area (Å²) in [4.78, 5) is 9.51. The Kier molecular flexibility index (Phi) is 4.18. The molecule has 0 amide bonds. The molecular formula is C15H23N5. The number of nitrogens with one attached hydrogen (secondary N) is 1. The van der Waals surface area contributed by atoms with Gasteiger partial charge in [0.2, 0.25) is 5.96 Å². The van der Waals surface area contributed by atoms with Gasteiger partial charge in [0.25, 0.3) is 0 Å². The van der Waals surface area contributed by atoms with Crippen LogP contribution in [0.4, 0.5) is 5.69 Å². The first-order valence-corrected chi connectivity index (χ1v) is 7.46. The third-order valence-corrected chi connectivity index (χ3v) is 4.26. The highest BCUT2D eigenvalue weighted by molar-refractivity contribution is 5.82. The predicted molar refractivity (Wildman–Crippen MR) is 81.6 cm³/mol. The van der Waals surface area contributed by atoms with Crippen LogP contribution in [0.25, 0.3) is 0 Å². The van der Waals surface area contributed by atoms with Gasteiger partial charge < -0.3 is 4.90 Å². The predicted octanol–water partition coefficient (Wildman–Crippen LogP) is 1.31. The molecule has 0 aromatic heterocycles. The quantitative estimate of drug-likeness (QED) is 0.350. The second-order valence-corrected chi connectivity index (χ2v) is 5.55. The number of hydrazine groups is 1. The fraction of sp³-hybridized carbons (Fsp3) is 0.533. The zero-order chi connectivity index (χ0) is 13.8. The summed E-state index contributed by atoms with van der Waals surface area (Å²) in [5, 5.41) is 0. The minimum atomic E-state index is 0.659. The number of para-hydroxylation sites is 1. The van der Waals surface area contributed by atoms with Crippen molar-refractivity contribution in [2.75, 3.05) is 26.2 Å². The standard InChI is InChI=1S/C15H23N5/c16-18-15(17-13-6-2-1-3-7-13)20-11-10-19-9-5-4-8-14(19)12-20/h1-3,6-7,14H,4-5,8-12,16H2,(H,17,18). The van der Waals surface area contributed by atoms with Gasteiger partial charge in [-0.1, -0.05) is 24.6 Å². The highest BCUT2D eigenvalue weighted by Gasteiger charge is 2.30. The molecule has 3 rings (SSSR count). The van der Waals surface area contributed by atoms with E-state index in [2.05, 4.69) is 20.2 Å². The number of nitrogens with zero attached hydrogens (tertiary/aromatic N) is 3. The molecule has 5 heteroatoms. The van der Waals surface area contributed by atoms with Gasteiger partial charge in [-0.2, -0.15) is 0 Å². The van der Waals surface area contributed by atoms with E-state index in [4.69, 9.17) is 5.84 Å². The van der Waals surface area contributed by atoms with Crippen molar-refractivity contribution in [2.45, 2.75) is 25.3 Å². The lowest BCUT2D eigenvalue weighted by atomic mass is 10.00. The van der Waals surface area contributed by atoms with Crippen LogP contribution in [0.5, 0.6) is 0 Å². The molecule has 0 spiro atoms. The summed E-state index contributed by atoms with van der Waals surface area (Å²) < 4.78 is 0. The molecule has 0 saturated carbocycles. The third-order valence-electron chi connectivity index (χ3n) is 4.26. The summed E-state index contributed by atoms with van der Waals surface area (Å²) in [7, 11) is 0. The smallest absolute Gasteiger partial charge is 0.213 e. The van der Waals surface area contributed by atoms with Gasteiger partial charge in [0.1, 0.15) is 0 Å². The van der Waals surface area contributed by atoms with Crippen molar-refractivity contribution in [3.63, 3.8) is 0 Å². The lowest BCUT2D eigenvalue weighted by Crippen LogP contribution is -2.59. The molecule has 2 aliphatic rings. The highest BCUT2D eigenvalue weighted by Crippen LogP contribution is 2.21. The number of piperazine rings is 1. The number of guanidine groups is 1. The van der Waals surface area contributed by atoms with E-state index < -0.39 is 0 Å². The van der Waals surface area contributed by atoms with Crippen molar-refractivity contribution < 1.29 is 0 Å². The summed E-state index contributed by atoms with van der Waals surface area (Å²) in [6.45, 7) is 4.38. The molecular weight excluding hydrogens is 250 g/mol. The number of hydrogen-bond donors (Lipinski definition) is 2. The molecule has 1 aromatic carbocycles. The maximum Gasteiger partial charge on any atom is 0.213 e. The van der Waals surface area contributed by atoms with E-state index in [1.54, 1.807) is 0 Å². The van der Waals surface area contributed by atoms with E-state index in [-0.39, 0.29) is 0 Å². The Labute approximate surface area is 120 Å². The fourth-order valence-corrected chi connectivity index (χ4v) is 3.17. The first-order chi connectivity index (χ1) is 9.86. The Morgan fingerprint density at radius 2 is 2.00 bits per heavy atom. The lowest BCUT2D eigenvalue weighted by Gasteiger charge is -2.44. The van der Waals surface area contributed by atoms with Gasteiger partial charge >= 0.3 is 0 Å². The topological polar surface area (TPSA) is 56.9 Å². The van der Waals surface area contributed by atoms with Gasteiger partial charge in [-0.3, -0.25) is 10.3 Å². The minimum Gasteiger partial charge on any atom is -0.339 e. The van der Waals surface area contributed by atoms with E-state index in [0.717, 1.165) is 31.3 Å². The maximum absolute atomic E-state index is 5.68. The Morgan fingerprint density at radius 1 is 1.15 bits per heavy atom. The molecule has 0 aliphatic carbocycles. The SMILES string of the molecule is NNC(=Nc1ccccc1)N1CCN2CCCCC2C1. The second-order valence-electron chi connectivity index (χ2n) is 5.55. The van der Waals surface area contributed by atoms with Crippen LogP contribution in [0, 0.1) is 0 Å². The van der Waals surface area contributed by atoms with E-state index >= 15 is 0 Å². The average Bonchev–Trinajstić information content (AvgIpc) is 2.53. The summed E-state index contributed by atoms with van der Waals surface area (Å²) in [6.07, 6.45) is 3.98. The van der Waals surface area contributed by atoms with Crippen molar-refractivity contribution in [3.05, 3.63) is 30.3 Å². The van der Waals surface area contributed by atoms with Crippen molar-refractivity contribution in [2.24, 2.45) is 10.8 Å².